The molecule has 0 aromatic heterocycles. The van der Waals surface area contributed by atoms with Crippen LogP contribution in [0.2, 0.25) is 0 Å². The van der Waals surface area contributed by atoms with Crippen molar-refractivity contribution >= 4 is 5.97 Å². The summed E-state index contributed by atoms with van der Waals surface area (Å²) in [7, 11) is 0. The fourth-order valence-corrected chi connectivity index (χ4v) is 2.50. The Morgan fingerprint density at radius 2 is 2.00 bits per heavy atom. The van der Waals surface area contributed by atoms with E-state index in [0.717, 1.165) is 38.2 Å². The Bertz CT molecular complexity index is 345. The van der Waals surface area contributed by atoms with Crippen LogP contribution < -0.4 is 0 Å². The molecule has 122 valence electrons. The molecular formula is C16H28O5. The molecule has 0 aromatic rings. The largest absolute Gasteiger partial charge is 0.462 e. The van der Waals surface area contributed by atoms with Gasteiger partial charge < -0.3 is 20.1 Å². The maximum absolute atomic E-state index is 11.9. The highest BCUT2D eigenvalue weighted by Crippen LogP contribution is 2.22. The Hall–Kier alpha value is -0.910. The van der Waals surface area contributed by atoms with E-state index >= 15 is 0 Å². The molecule has 0 heterocycles. The molecule has 0 aliphatic heterocycles. The lowest BCUT2D eigenvalue weighted by molar-refractivity contribution is -0.151. The van der Waals surface area contributed by atoms with Crippen molar-refractivity contribution in [2.24, 2.45) is 5.92 Å². The van der Waals surface area contributed by atoms with Gasteiger partial charge in [-0.05, 0) is 45.1 Å². The first kappa shape index (κ1) is 18.1. The summed E-state index contributed by atoms with van der Waals surface area (Å²) in [5.41, 5.74) is 0. The third-order valence-electron chi connectivity index (χ3n) is 3.77. The number of hydrogen-bond donors (Lipinski definition) is 3. The van der Waals surface area contributed by atoms with Crippen molar-refractivity contribution in [3.63, 3.8) is 0 Å². The topological polar surface area (TPSA) is 87.0 Å². The Labute approximate surface area is 126 Å². The Balaban J connectivity index is 2.43. The average Bonchev–Trinajstić information content (AvgIpc) is 2.88. The van der Waals surface area contributed by atoms with E-state index in [4.69, 9.17) is 4.74 Å². The van der Waals surface area contributed by atoms with Gasteiger partial charge in [0.15, 0.2) is 5.79 Å². The van der Waals surface area contributed by atoms with E-state index in [1.54, 1.807) is 6.92 Å². The summed E-state index contributed by atoms with van der Waals surface area (Å²) in [6.45, 7) is 3.57. The number of rotatable bonds is 8. The minimum Gasteiger partial charge on any atom is -0.462 e. The molecule has 5 heteroatoms. The van der Waals surface area contributed by atoms with Crippen LogP contribution in [0.3, 0.4) is 0 Å². The van der Waals surface area contributed by atoms with E-state index in [-0.39, 0.29) is 18.5 Å². The van der Waals surface area contributed by atoms with Gasteiger partial charge in [-0.2, -0.15) is 0 Å². The van der Waals surface area contributed by atoms with Gasteiger partial charge >= 0.3 is 5.97 Å². The van der Waals surface area contributed by atoms with Gasteiger partial charge in [0.05, 0.1) is 12.0 Å². The number of carbonyl (C=O) groups is 1. The van der Waals surface area contributed by atoms with Crippen molar-refractivity contribution in [2.45, 2.75) is 76.8 Å². The standard InChI is InChI=1S/C16H28O5/c1-3-6-13(17)11-16(19,20)10-9-12(2)15(18)21-14-7-4-5-8-14/h9-10,12-14,17,19-20H,3-8,11H2,1-2H3. The highest BCUT2D eigenvalue weighted by molar-refractivity contribution is 5.74. The molecular weight excluding hydrogens is 272 g/mol. The molecule has 21 heavy (non-hydrogen) atoms. The van der Waals surface area contributed by atoms with Gasteiger partial charge in [0, 0.05) is 6.42 Å². The molecule has 1 aliphatic carbocycles. The molecule has 2 unspecified atom stereocenters. The lowest BCUT2D eigenvalue weighted by Gasteiger charge is -2.21. The summed E-state index contributed by atoms with van der Waals surface area (Å²) >= 11 is 0. The molecule has 1 saturated carbocycles. The first-order chi connectivity index (χ1) is 9.84. The van der Waals surface area contributed by atoms with E-state index in [9.17, 15) is 20.1 Å². The molecule has 1 aliphatic rings. The molecule has 0 radical (unpaired) electrons. The molecule has 0 bridgehead atoms. The van der Waals surface area contributed by atoms with E-state index in [0.29, 0.717) is 6.42 Å². The van der Waals surface area contributed by atoms with Gasteiger partial charge in [-0.15, -0.1) is 0 Å². The van der Waals surface area contributed by atoms with Crippen LogP contribution in [0.15, 0.2) is 12.2 Å². The maximum atomic E-state index is 11.9. The van der Waals surface area contributed by atoms with Crippen molar-refractivity contribution in [1.82, 2.24) is 0 Å². The lowest BCUT2D eigenvalue weighted by Crippen LogP contribution is -2.31. The van der Waals surface area contributed by atoms with E-state index < -0.39 is 17.8 Å². The van der Waals surface area contributed by atoms with Crippen LogP contribution in [0.4, 0.5) is 0 Å². The Morgan fingerprint density at radius 3 is 2.57 bits per heavy atom. The zero-order valence-corrected chi connectivity index (χ0v) is 13.0. The predicted molar refractivity (Wildman–Crippen MR) is 79.4 cm³/mol. The summed E-state index contributed by atoms with van der Waals surface area (Å²) in [4.78, 5) is 11.9. The summed E-state index contributed by atoms with van der Waals surface area (Å²) in [5, 5.41) is 29.2. The monoisotopic (exact) mass is 300 g/mol. The van der Waals surface area contributed by atoms with Gasteiger partial charge in [0.1, 0.15) is 6.10 Å². The Kier molecular flexibility index (Phi) is 7.35. The normalized spacial score (nSPS) is 19.9. The molecule has 1 rings (SSSR count). The minimum absolute atomic E-state index is 0.00716. The molecule has 3 N–H and O–H groups in total. The number of aliphatic hydroxyl groups is 3. The zero-order chi connectivity index (χ0) is 15.9. The second kappa shape index (κ2) is 8.51. The van der Waals surface area contributed by atoms with Crippen molar-refractivity contribution < 1.29 is 24.9 Å². The van der Waals surface area contributed by atoms with Crippen LogP contribution in [-0.2, 0) is 9.53 Å². The SMILES string of the molecule is CCCC(O)CC(O)(O)C=CC(C)C(=O)OC1CCCC1. The van der Waals surface area contributed by atoms with E-state index in [1.165, 1.54) is 6.08 Å². The van der Waals surface area contributed by atoms with Crippen LogP contribution in [0.25, 0.3) is 0 Å². The first-order valence-corrected chi connectivity index (χ1v) is 7.86. The number of hydrogen-bond acceptors (Lipinski definition) is 5. The van der Waals surface area contributed by atoms with Crippen molar-refractivity contribution in [2.75, 3.05) is 0 Å². The molecule has 0 amide bonds. The van der Waals surface area contributed by atoms with Gasteiger partial charge in [-0.25, -0.2) is 0 Å². The Morgan fingerprint density at radius 1 is 1.38 bits per heavy atom. The summed E-state index contributed by atoms with van der Waals surface area (Å²) in [6, 6.07) is 0. The lowest BCUT2D eigenvalue weighted by atomic mass is 10.0. The first-order valence-electron chi connectivity index (χ1n) is 7.86. The fourth-order valence-electron chi connectivity index (χ4n) is 2.50. The highest BCUT2D eigenvalue weighted by Gasteiger charge is 2.25. The third kappa shape index (κ3) is 7.07. The molecule has 0 spiro atoms. The average molecular weight is 300 g/mol. The number of ether oxygens (including phenoxy) is 1. The fraction of sp³-hybridized carbons (Fsp3) is 0.812. The van der Waals surface area contributed by atoms with E-state index in [2.05, 4.69) is 0 Å². The minimum atomic E-state index is -2.10. The van der Waals surface area contributed by atoms with Crippen LogP contribution in [0.1, 0.15) is 58.8 Å². The molecule has 5 nitrogen and oxygen atoms in total. The van der Waals surface area contributed by atoms with Crippen LogP contribution in [0.5, 0.6) is 0 Å². The second-order valence-electron chi connectivity index (χ2n) is 6.02. The second-order valence-corrected chi connectivity index (χ2v) is 6.02. The van der Waals surface area contributed by atoms with Crippen LogP contribution in [-0.4, -0.2) is 39.3 Å². The highest BCUT2D eigenvalue weighted by atomic mass is 16.5. The zero-order valence-electron chi connectivity index (χ0n) is 13.0. The van der Waals surface area contributed by atoms with E-state index in [1.807, 2.05) is 6.92 Å². The van der Waals surface area contributed by atoms with Gasteiger partial charge in [-0.3, -0.25) is 4.79 Å². The summed E-state index contributed by atoms with van der Waals surface area (Å²) in [5.74, 6) is -2.98. The van der Waals surface area contributed by atoms with Crippen LogP contribution >= 0.6 is 0 Å². The summed E-state index contributed by atoms with van der Waals surface area (Å²) < 4.78 is 5.36. The smallest absolute Gasteiger partial charge is 0.312 e. The molecule has 1 fully saturated rings. The van der Waals surface area contributed by atoms with Gasteiger partial charge in [0.2, 0.25) is 0 Å². The molecule has 0 aromatic carbocycles. The predicted octanol–water partition coefficient (Wildman–Crippen LogP) is 1.90. The number of esters is 1. The number of carbonyl (C=O) groups excluding carboxylic acids is 1. The summed E-state index contributed by atoms with van der Waals surface area (Å²) in [6.07, 6.45) is 6.94. The van der Waals surface area contributed by atoms with Gasteiger partial charge in [0.25, 0.3) is 0 Å². The molecule has 0 saturated heterocycles. The third-order valence-corrected chi connectivity index (χ3v) is 3.77. The van der Waals surface area contributed by atoms with Crippen molar-refractivity contribution in [3.8, 4) is 0 Å². The van der Waals surface area contributed by atoms with Crippen LogP contribution in [0, 0.1) is 5.92 Å². The quantitative estimate of drug-likeness (QED) is 0.362. The van der Waals surface area contributed by atoms with Crippen molar-refractivity contribution in [3.05, 3.63) is 12.2 Å². The van der Waals surface area contributed by atoms with Gasteiger partial charge in [-0.1, -0.05) is 19.4 Å². The number of aliphatic hydroxyl groups excluding tert-OH is 1. The molecule has 2 atom stereocenters. The maximum Gasteiger partial charge on any atom is 0.312 e. The van der Waals surface area contributed by atoms with Crippen molar-refractivity contribution in [1.29, 1.82) is 0 Å².